The number of benzene rings is 3. The van der Waals surface area contributed by atoms with Gasteiger partial charge in [-0.05, 0) is 102 Å². The van der Waals surface area contributed by atoms with Crippen LogP contribution in [-0.4, -0.2) is 39.9 Å². The van der Waals surface area contributed by atoms with Gasteiger partial charge in [-0.25, -0.2) is 0 Å². The zero-order valence-corrected chi connectivity index (χ0v) is 32.4. The first-order valence-electron chi connectivity index (χ1n) is 13.8. The standard InChI is InChI=1S/C30H48O3PSi4.HI/c1-35(2,3)31-38(32-36(4,5)6,33-37(7,8)9)27-19-26-34(28-20-13-10-14-21-28,29-22-15-11-16-23-29)30-24-17-12-18-25-30;/h10-18,20-25H,19,26-27H2,1-9H3;1H/q+1;/p-1. The van der Waals surface area contributed by atoms with Crippen molar-refractivity contribution in [3.05, 3.63) is 91.0 Å². The first-order valence-corrected chi connectivity index (χ1v) is 27.9. The molecule has 39 heavy (non-hydrogen) atoms. The molecule has 3 aromatic carbocycles. The van der Waals surface area contributed by atoms with Gasteiger partial charge in [-0.1, -0.05) is 54.6 Å². The van der Waals surface area contributed by atoms with Gasteiger partial charge >= 0.3 is 8.80 Å². The van der Waals surface area contributed by atoms with Gasteiger partial charge < -0.3 is 36.3 Å². The average Bonchev–Trinajstić information content (AvgIpc) is 2.80. The van der Waals surface area contributed by atoms with Gasteiger partial charge in [-0.15, -0.1) is 0 Å². The summed E-state index contributed by atoms with van der Waals surface area (Å²) in [4.78, 5) is 0. The number of halogens is 1. The summed E-state index contributed by atoms with van der Waals surface area (Å²) < 4.78 is 21.1. The third kappa shape index (κ3) is 10.4. The molecule has 0 aliphatic heterocycles. The van der Waals surface area contributed by atoms with Gasteiger partial charge in [0.1, 0.15) is 23.2 Å². The Morgan fingerprint density at radius 3 is 1.03 bits per heavy atom. The molecular weight excluding hydrogens is 679 g/mol. The van der Waals surface area contributed by atoms with Crippen LogP contribution in [0.1, 0.15) is 6.42 Å². The van der Waals surface area contributed by atoms with E-state index in [1.807, 2.05) is 0 Å². The van der Waals surface area contributed by atoms with Gasteiger partial charge in [0.15, 0.2) is 25.0 Å². The zero-order chi connectivity index (χ0) is 28.1. The van der Waals surface area contributed by atoms with Crippen molar-refractivity contribution < 1.29 is 36.3 Å². The van der Waals surface area contributed by atoms with E-state index in [0.29, 0.717) is 0 Å². The fraction of sp³-hybridized carbons (Fsp3) is 0.400. The van der Waals surface area contributed by atoms with Crippen LogP contribution in [0.2, 0.25) is 65.0 Å². The lowest BCUT2D eigenvalue weighted by atomic mass is 10.4. The number of rotatable bonds is 13. The van der Waals surface area contributed by atoms with Crippen LogP contribution in [0.25, 0.3) is 0 Å². The lowest BCUT2D eigenvalue weighted by molar-refractivity contribution is -0.0000154. The van der Waals surface area contributed by atoms with E-state index in [-0.39, 0.29) is 24.0 Å². The highest BCUT2D eigenvalue weighted by atomic mass is 127. The molecule has 0 saturated heterocycles. The summed E-state index contributed by atoms with van der Waals surface area (Å²) in [6, 6.07) is 34.3. The van der Waals surface area contributed by atoms with Crippen LogP contribution < -0.4 is 39.9 Å². The Hall–Kier alpha value is -0.432. The van der Waals surface area contributed by atoms with Crippen LogP contribution in [0.3, 0.4) is 0 Å². The lowest BCUT2D eigenvalue weighted by Crippen LogP contribution is -3.00. The van der Waals surface area contributed by atoms with E-state index in [2.05, 4.69) is 150 Å². The van der Waals surface area contributed by atoms with E-state index in [0.717, 1.165) is 18.6 Å². The minimum absolute atomic E-state index is 0. The van der Waals surface area contributed by atoms with E-state index in [9.17, 15) is 0 Å². The molecule has 0 aliphatic rings. The maximum Gasteiger partial charge on any atom is 0.469 e. The summed E-state index contributed by atoms with van der Waals surface area (Å²) in [6.45, 7) is 20.4. The van der Waals surface area contributed by atoms with E-state index in [1.165, 1.54) is 15.9 Å². The van der Waals surface area contributed by atoms with Crippen molar-refractivity contribution in [2.24, 2.45) is 0 Å². The third-order valence-electron chi connectivity index (χ3n) is 5.95. The van der Waals surface area contributed by atoms with Gasteiger partial charge in [0.2, 0.25) is 0 Å². The molecule has 0 aromatic heterocycles. The molecule has 3 aromatic rings. The molecule has 3 nitrogen and oxygen atoms in total. The Morgan fingerprint density at radius 2 is 0.769 bits per heavy atom. The Labute approximate surface area is 260 Å². The lowest BCUT2D eigenvalue weighted by Gasteiger charge is -2.43. The minimum Gasteiger partial charge on any atom is -1.00 e. The highest BCUT2D eigenvalue weighted by molar-refractivity contribution is 7.95. The molecule has 0 atom stereocenters. The Kier molecular flexibility index (Phi) is 12.6. The smallest absolute Gasteiger partial charge is 0.469 e. The van der Waals surface area contributed by atoms with Crippen molar-refractivity contribution in [2.45, 2.75) is 71.4 Å². The van der Waals surface area contributed by atoms with Gasteiger partial charge in [-0.3, -0.25) is 0 Å². The Morgan fingerprint density at radius 1 is 0.487 bits per heavy atom. The summed E-state index contributed by atoms with van der Waals surface area (Å²) in [5.41, 5.74) is 0. The maximum absolute atomic E-state index is 7.02. The third-order valence-corrected chi connectivity index (χ3v) is 22.5. The van der Waals surface area contributed by atoms with Crippen molar-refractivity contribution in [3.63, 3.8) is 0 Å². The van der Waals surface area contributed by atoms with Gasteiger partial charge in [-0.2, -0.15) is 0 Å². The minimum atomic E-state index is -2.90. The predicted octanol–water partition coefficient (Wildman–Crippen LogP) is 4.87. The molecule has 0 saturated carbocycles. The normalized spacial score (nSPS) is 13.2. The summed E-state index contributed by atoms with van der Waals surface area (Å²) in [6.07, 6.45) is 2.05. The molecule has 0 heterocycles. The van der Waals surface area contributed by atoms with E-state index in [1.54, 1.807) is 0 Å². The van der Waals surface area contributed by atoms with Crippen molar-refractivity contribution in [2.75, 3.05) is 6.16 Å². The molecule has 0 aliphatic carbocycles. The molecule has 0 radical (unpaired) electrons. The van der Waals surface area contributed by atoms with E-state index < -0.39 is 41.0 Å². The van der Waals surface area contributed by atoms with Crippen LogP contribution in [0.5, 0.6) is 0 Å². The molecule has 0 bridgehead atoms. The van der Waals surface area contributed by atoms with Gasteiger partial charge in [0.25, 0.3) is 0 Å². The molecular formula is C30H48IO3PSi4. The second-order valence-corrected chi connectivity index (χ2v) is 33.6. The molecule has 9 heteroatoms. The second kappa shape index (κ2) is 14.2. The molecule has 0 unspecified atom stereocenters. The molecule has 0 N–H and O–H groups in total. The largest absolute Gasteiger partial charge is 1.00 e. The van der Waals surface area contributed by atoms with Crippen LogP contribution >= 0.6 is 7.26 Å². The number of hydrogen-bond donors (Lipinski definition) is 0. The Bertz CT molecular complexity index is 995. The number of hydrogen-bond acceptors (Lipinski definition) is 3. The predicted molar refractivity (Wildman–Crippen MR) is 178 cm³/mol. The SMILES string of the molecule is C[Si](C)(C)O[Si](CCC[P+](c1ccccc1)(c1ccccc1)c1ccccc1)(O[Si](C)(C)C)O[Si](C)(C)C.[I-]. The monoisotopic (exact) mass is 726 g/mol. The molecule has 214 valence electrons. The van der Waals surface area contributed by atoms with E-state index in [4.69, 9.17) is 12.3 Å². The summed E-state index contributed by atoms with van der Waals surface area (Å²) in [7, 11) is -10.5. The van der Waals surface area contributed by atoms with Crippen molar-refractivity contribution in [3.8, 4) is 0 Å². The van der Waals surface area contributed by atoms with Crippen LogP contribution in [-0.2, 0) is 12.3 Å². The Balaban J connectivity index is 0.00000533. The zero-order valence-electron chi connectivity index (χ0n) is 25.3. The highest BCUT2D eigenvalue weighted by Gasteiger charge is 2.51. The van der Waals surface area contributed by atoms with Crippen LogP contribution in [0.4, 0.5) is 0 Å². The first kappa shape index (κ1) is 34.8. The quantitative estimate of drug-likeness (QED) is 0.143. The van der Waals surface area contributed by atoms with Crippen molar-refractivity contribution in [1.29, 1.82) is 0 Å². The van der Waals surface area contributed by atoms with Crippen molar-refractivity contribution in [1.82, 2.24) is 0 Å². The fourth-order valence-electron chi connectivity index (χ4n) is 5.03. The highest BCUT2D eigenvalue weighted by Crippen LogP contribution is 2.56. The average molecular weight is 727 g/mol. The molecule has 0 fully saturated rings. The van der Waals surface area contributed by atoms with Crippen molar-refractivity contribution >= 4 is 56.9 Å². The molecule has 3 rings (SSSR count). The van der Waals surface area contributed by atoms with Gasteiger partial charge in [0, 0.05) is 6.04 Å². The molecule has 0 amide bonds. The topological polar surface area (TPSA) is 27.7 Å². The summed E-state index contributed by atoms with van der Waals surface area (Å²) in [5, 5.41) is 4.27. The van der Waals surface area contributed by atoms with Gasteiger partial charge in [0.05, 0.1) is 6.16 Å². The molecule has 0 spiro atoms. The maximum atomic E-state index is 7.02. The second-order valence-electron chi connectivity index (χ2n) is 13.0. The summed E-state index contributed by atoms with van der Waals surface area (Å²) >= 11 is 0. The first-order chi connectivity index (χ1) is 17.6. The fourth-order valence-corrected chi connectivity index (χ4v) is 24.3. The van der Waals surface area contributed by atoms with E-state index >= 15 is 0 Å². The van der Waals surface area contributed by atoms with Crippen LogP contribution in [0, 0.1) is 0 Å². The van der Waals surface area contributed by atoms with Crippen LogP contribution in [0.15, 0.2) is 91.0 Å². The summed E-state index contributed by atoms with van der Waals surface area (Å²) in [5.74, 6) is 0.